The number of halogens is 7. The lowest BCUT2D eigenvalue weighted by atomic mass is 10.0. The maximum Gasteiger partial charge on any atom is 0.140 e. The number of nitrogens with zero attached hydrogens (tertiary/aromatic N) is 7. The van der Waals surface area contributed by atoms with Crippen molar-refractivity contribution in [2.75, 3.05) is 18.0 Å². The summed E-state index contributed by atoms with van der Waals surface area (Å²) in [7, 11) is 0. The van der Waals surface area contributed by atoms with Gasteiger partial charge in [-0.1, -0.05) is 241 Å². The van der Waals surface area contributed by atoms with Gasteiger partial charge in [0.25, 0.3) is 0 Å². The molecule has 26 heteroatoms. The van der Waals surface area contributed by atoms with Gasteiger partial charge in [-0.25, -0.2) is 29.3 Å². The van der Waals surface area contributed by atoms with Crippen LogP contribution in [0.5, 0.6) is 0 Å². The average Bonchev–Trinajstić information content (AvgIpc) is 1.61. The first-order valence-corrected chi connectivity index (χ1v) is 52.3. The van der Waals surface area contributed by atoms with Crippen LogP contribution >= 0.6 is 118 Å². The molecule has 0 spiro atoms. The average molecular weight is 2260 g/mol. The molecule has 686 valence electrons. The number of aromatic amines is 10. The minimum absolute atomic E-state index is 0.272. The van der Waals surface area contributed by atoms with Crippen LogP contribution in [0.25, 0.3) is 233 Å². The first kappa shape index (κ1) is 90.4. The van der Waals surface area contributed by atoms with E-state index in [4.69, 9.17) is 24.9 Å². The summed E-state index contributed by atoms with van der Waals surface area (Å²) in [5.41, 5.74) is 28.0. The predicted molar refractivity (Wildman–Crippen MR) is 601 cm³/mol. The smallest absolute Gasteiger partial charge is 0.140 e. The Morgan fingerprint density at radius 1 is 0.270 bits per heavy atom. The van der Waals surface area contributed by atoms with E-state index in [1.54, 1.807) is 47.2 Å². The maximum absolute atomic E-state index is 13.4. The van der Waals surface area contributed by atoms with Gasteiger partial charge in [0.05, 0.1) is 60.6 Å². The Bertz CT molecular complexity index is 8670. The SMILES string of the molecule is Brc1ccc(-c2[nH]c(-c3c[nH]c4ccc(Br)cc34)nc2-c2ccccc2)cc1.Brc1ccc2[nH]cc(-c3nc(-c4ccccc4)c(-c4ccc(N5CCCCC5)cc4)[nH]3)c2c1.Brc1ccc2[nH]cc(-c3nc(-c4cccs4)c(-c4cccs4)[nH]3)c2c1.Brc1ccc2[nH]cc(-c3nc4c5ccccc5c5ccccc5c4[nH]3)c2c1.Fc1ccc(-c2nc(-c3c[nH]c4ccc(Br)cc34)[nH]c2-c2ccncc2)cc1. The summed E-state index contributed by atoms with van der Waals surface area (Å²) in [5.74, 6) is 3.96. The molecule has 14 heterocycles. The van der Waals surface area contributed by atoms with Gasteiger partial charge in [-0.05, 0) is 205 Å². The largest absolute Gasteiger partial charge is 0.372 e. The van der Waals surface area contributed by atoms with E-state index in [9.17, 15) is 4.39 Å². The van der Waals surface area contributed by atoms with Gasteiger partial charge in [0.15, 0.2) is 0 Å². The first-order chi connectivity index (χ1) is 69.2. The highest BCUT2D eigenvalue weighted by molar-refractivity contribution is 9.11. The van der Waals surface area contributed by atoms with Crippen molar-refractivity contribution in [3.63, 3.8) is 0 Å². The summed E-state index contributed by atoms with van der Waals surface area (Å²) >= 11 is 24.8. The summed E-state index contributed by atoms with van der Waals surface area (Å²) < 4.78 is 19.7. The van der Waals surface area contributed by atoms with Gasteiger partial charge in [-0.2, -0.15) is 0 Å². The van der Waals surface area contributed by atoms with Gasteiger partial charge in [0.2, 0.25) is 0 Å². The Morgan fingerprint density at radius 2 is 0.610 bits per heavy atom. The number of anilines is 1. The third kappa shape index (κ3) is 18.5. The minimum atomic E-state index is -0.272. The second kappa shape index (κ2) is 39.7. The van der Waals surface area contributed by atoms with Crippen LogP contribution < -0.4 is 4.90 Å². The third-order valence-corrected chi connectivity index (χ3v) is 30.2. The molecule has 1 saturated heterocycles. The van der Waals surface area contributed by atoms with Gasteiger partial charge in [-0.15, -0.1) is 22.7 Å². The lowest BCUT2D eigenvalue weighted by molar-refractivity contribution is 0.578. The minimum Gasteiger partial charge on any atom is -0.372 e. The number of pyridine rings is 1. The number of piperidine rings is 1. The Labute approximate surface area is 866 Å². The van der Waals surface area contributed by atoms with E-state index >= 15 is 0 Å². The summed E-state index contributed by atoms with van der Waals surface area (Å²) in [6, 6.07) is 105. The van der Waals surface area contributed by atoms with Crippen LogP contribution in [0.15, 0.2) is 390 Å². The number of thiophene rings is 2. The van der Waals surface area contributed by atoms with Crippen LogP contribution in [0.3, 0.4) is 0 Å². The second-order valence-electron chi connectivity index (χ2n) is 34.1. The molecule has 0 radical (unpaired) electrons. The number of H-pyrrole nitrogens is 10. The fraction of sp³-hybridized carbons (Fsp3) is 0.0435. The number of fused-ring (bicyclic) bond motifs is 11. The molecule has 27 rings (SSSR count). The second-order valence-corrected chi connectivity index (χ2v) is 41.5. The van der Waals surface area contributed by atoms with E-state index in [2.05, 4.69) is 372 Å². The van der Waals surface area contributed by atoms with Crippen molar-refractivity contribution in [1.82, 2.24) is 79.7 Å². The zero-order chi connectivity index (χ0) is 95.1. The lowest BCUT2D eigenvalue weighted by Gasteiger charge is -2.28. The molecule has 0 saturated carbocycles. The Balaban J connectivity index is 0.0000000984. The molecule has 26 aromatic rings. The Morgan fingerprint density at radius 3 is 1.03 bits per heavy atom. The number of rotatable bonds is 14. The quantitative estimate of drug-likeness (QED) is 0.0472. The van der Waals surface area contributed by atoms with Crippen LogP contribution in [0.2, 0.25) is 0 Å². The van der Waals surface area contributed by atoms with Gasteiger partial charge in [0, 0.05) is 215 Å². The molecule has 1 aliphatic heterocycles. The summed E-state index contributed by atoms with van der Waals surface area (Å²) in [4.78, 5) is 68.4. The number of hydrogen-bond acceptors (Lipinski definition) is 9. The number of aromatic nitrogens is 16. The van der Waals surface area contributed by atoms with Crippen molar-refractivity contribution >= 4 is 211 Å². The number of hydrogen-bond donors (Lipinski definition) is 10. The Kier molecular flexibility index (Phi) is 25.4. The highest BCUT2D eigenvalue weighted by Crippen LogP contribution is 2.46. The first-order valence-electron chi connectivity index (χ1n) is 45.7. The molecule has 1 fully saturated rings. The van der Waals surface area contributed by atoms with E-state index in [0.29, 0.717) is 0 Å². The van der Waals surface area contributed by atoms with E-state index in [0.717, 1.165) is 241 Å². The molecule has 0 aliphatic carbocycles. The normalized spacial score (nSPS) is 12.1. The molecule has 1 aliphatic rings. The fourth-order valence-corrected chi connectivity index (χ4v) is 22.1. The van der Waals surface area contributed by atoms with Crippen LogP contribution in [0, 0.1) is 5.82 Å². The van der Waals surface area contributed by atoms with E-state index in [1.807, 2.05) is 110 Å². The van der Waals surface area contributed by atoms with Crippen molar-refractivity contribution in [2.24, 2.45) is 0 Å². The van der Waals surface area contributed by atoms with Gasteiger partial charge < -0.3 is 54.7 Å². The van der Waals surface area contributed by atoms with E-state index in [1.165, 1.54) is 68.4 Å². The van der Waals surface area contributed by atoms with Gasteiger partial charge in [-0.3, -0.25) is 4.98 Å². The standard InChI is InChI=1S/C28H25BrN4.C23H15Br2N3.C23H14BrN3.C22H14BrFN4.C19H12BrN3S2/c29-21-11-14-25-23(17-21)24(18-30-25)28-31-26(19-7-3-1-4-8-19)27(32-28)20-9-12-22(13-10-20)33-15-5-2-6-16-33;24-16-8-6-15(7-9-16)22-21(14-4-2-1-3-5-14)27-23(28-22)19-13-26-20-11-10-17(25)12-18(19)20;24-13-9-10-20-18(11-13)19(12-25-20)23-26-21-16-7-3-1-5-14(16)15-6-2-4-8-17(15)22(21)27-23;23-15-3-6-19-17(11-15)18(12-26-19)22-27-20(13-1-4-16(24)5-2-13)21(28-22)14-7-9-25-10-8-14;20-11-5-6-14-12(9-11)13(10-21-14)19-22-17(15-3-1-7-24-15)18(23-19)16-4-2-8-25-16/h1,3-4,7-14,17-18,30H,2,5-6,15-16H2,(H,31,32);1-13,26H,(H,27,28);1-12,25H,(H,26,27);1-12,26H,(H,27,28);1-10,21H,(H,22,23). The van der Waals surface area contributed by atoms with Crippen LogP contribution in [0.1, 0.15) is 19.3 Å². The molecule has 0 amide bonds. The molecular formula is C115H80Br6FN17S2. The van der Waals surface area contributed by atoms with Crippen molar-refractivity contribution in [1.29, 1.82) is 0 Å². The summed E-state index contributed by atoms with van der Waals surface area (Å²) in [6.07, 6.45) is 17.4. The molecule has 0 atom stereocenters. The third-order valence-electron chi connectivity index (χ3n) is 25.4. The molecular weight excluding hydrogens is 2180 g/mol. The molecule has 141 heavy (non-hydrogen) atoms. The molecule has 13 aromatic carbocycles. The van der Waals surface area contributed by atoms with E-state index < -0.39 is 0 Å². The zero-order valence-electron chi connectivity index (χ0n) is 74.8. The highest BCUT2D eigenvalue weighted by Gasteiger charge is 2.26. The zero-order valence-corrected chi connectivity index (χ0v) is 85.9. The fourth-order valence-electron chi connectivity index (χ4n) is 18.6. The lowest BCUT2D eigenvalue weighted by Crippen LogP contribution is -2.29. The predicted octanol–water partition coefficient (Wildman–Crippen LogP) is 34.8. The van der Waals surface area contributed by atoms with Gasteiger partial charge >= 0.3 is 0 Å². The van der Waals surface area contributed by atoms with Crippen molar-refractivity contribution < 1.29 is 4.39 Å². The summed E-state index contributed by atoms with van der Waals surface area (Å²) in [5, 5.41) is 14.7. The van der Waals surface area contributed by atoms with Crippen molar-refractivity contribution in [2.45, 2.75) is 19.3 Å². The van der Waals surface area contributed by atoms with Crippen LogP contribution in [0.4, 0.5) is 10.1 Å². The molecule has 10 N–H and O–H groups in total. The monoisotopic (exact) mass is 2260 g/mol. The van der Waals surface area contributed by atoms with Crippen molar-refractivity contribution in [3.8, 4) is 146 Å². The molecule has 0 unspecified atom stereocenters. The number of nitrogens with one attached hydrogen (secondary N) is 10. The Hall–Kier alpha value is -14.5. The van der Waals surface area contributed by atoms with E-state index in [-0.39, 0.29) is 5.82 Å². The summed E-state index contributed by atoms with van der Waals surface area (Å²) in [6.45, 7) is 2.30. The molecule has 0 bridgehead atoms. The van der Waals surface area contributed by atoms with Crippen LogP contribution in [-0.4, -0.2) is 92.8 Å². The maximum atomic E-state index is 13.4. The highest BCUT2D eigenvalue weighted by atomic mass is 79.9. The van der Waals surface area contributed by atoms with Gasteiger partial charge in [0.1, 0.15) is 40.6 Å². The number of imidazole rings is 5. The van der Waals surface area contributed by atoms with Crippen molar-refractivity contribution in [3.05, 3.63) is 396 Å². The molecule has 13 aromatic heterocycles. The topological polar surface area (TPSA) is 238 Å². The number of benzene rings is 13. The van der Waals surface area contributed by atoms with Crippen LogP contribution in [-0.2, 0) is 0 Å². The molecule has 17 nitrogen and oxygen atoms in total.